The van der Waals surface area contributed by atoms with Gasteiger partial charge in [-0.3, -0.25) is 4.79 Å². The van der Waals surface area contributed by atoms with E-state index in [2.05, 4.69) is 10.6 Å². The van der Waals surface area contributed by atoms with Crippen molar-refractivity contribution in [3.8, 4) is 0 Å². The van der Waals surface area contributed by atoms with Gasteiger partial charge in [0.05, 0.1) is 0 Å². The summed E-state index contributed by atoms with van der Waals surface area (Å²) in [5.74, 6) is 0.143. The van der Waals surface area contributed by atoms with Crippen molar-refractivity contribution in [2.45, 2.75) is 26.8 Å². The molecule has 0 aliphatic rings. The SMILES string of the molecule is CC(C)CC(=O)Nc1ccc(NCc2ccc(F)cc2)cc1. The van der Waals surface area contributed by atoms with Crippen molar-refractivity contribution >= 4 is 17.3 Å². The van der Waals surface area contributed by atoms with Gasteiger partial charge in [0.25, 0.3) is 0 Å². The highest BCUT2D eigenvalue weighted by Gasteiger charge is 2.05. The third-order valence-electron chi connectivity index (χ3n) is 3.17. The van der Waals surface area contributed by atoms with E-state index in [1.165, 1.54) is 12.1 Å². The lowest BCUT2D eigenvalue weighted by Crippen LogP contribution is -2.13. The summed E-state index contributed by atoms with van der Waals surface area (Å²) in [6, 6.07) is 14.0. The van der Waals surface area contributed by atoms with Crippen LogP contribution in [-0.2, 0) is 11.3 Å². The van der Waals surface area contributed by atoms with Crippen molar-refractivity contribution in [1.29, 1.82) is 0 Å². The average Bonchev–Trinajstić information content (AvgIpc) is 2.47. The summed E-state index contributed by atoms with van der Waals surface area (Å²) < 4.78 is 12.8. The van der Waals surface area contributed by atoms with E-state index in [0.717, 1.165) is 16.9 Å². The van der Waals surface area contributed by atoms with E-state index in [0.29, 0.717) is 18.9 Å². The molecule has 0 saturated heterocycles. The molecule has 2 aromatic carbocycles. The van der Waals surface area contributed by atoms with Gasteiger partial charge in [-0.05, 0) is 47.9 Å². The number of hydrogen-bond acceptors (Lipinski definition) is 2. The van der Waals surface area contributed by atoms with Gasteiger partial charge in [0, 0.05) is 24.3 Å². The molecule has 0 atom stereocenters. The minimum absolute atomic E-state index is 0.0296. The Balaban J connectivity index is 1.86. The normalized spacial score (nSPS) is 10.5. The molecule has 116 valence electrons. The molecule has 2 N–H and O–H groups in total. The lowest BCUT2D eigenvalue weighted by atomic mass is 10.1. The van der Waals surface area contributed by atoms with Gasteiger partial charge in [0.15, 0.2) is 0 Å². The van der Waals surface area contributed by atoms with Crippen molar-refractivity contribution in [1.82, 2.24) is 0 Å². The van der Waals surface area contributed by atoms with Crippen molar-refractivity contribution in [2.75, 3.05) is 10.6 Å². The molecule has 0 saturated carbocycles. The van der Waals surface area contributed by atoms with Gasteiger partial charge in [-0.2, -0.15) is 0 Å². The topological polar surface area (TPSA) is 41.1 Å². The number of halogens is 1. The second-order valence-electron chi connectivity index (χ2n) is 5.70. The number of hydrogen-bond donors (Lipinski definition) is 2. The number of rotatable bonds is 6. The van der Waals surface area contributed by atoms with Crippen molar-refractivity contribution in [2.24, 2.45) is 5.92 Å². The Hall–Kier alpha value is -2.36. The van der Waals surface area contributed by atoms with Crippen LogP contribution in [0, 0.1) is 11.7 Å². The summed E-state index contributed by atoms with van der Waals surface area (Å²) in [6.07, 6.45) is 0.518. The molecule has 2 rings (SSSR count). The summed E-state index contributed by atoms with van der Waals surface area (Å²) in [7, 11) is 0. The molecule has 0 fully saturated rings. The van der Waals surface area contributed by atoms with Gasteiger partial charge >= 0.3 is 0 Å². The zero-order valence-electron chi connectivity index (χ0n) is 12.9. The molecule has 2 aromatic rings. The van der Waals surface area contributed by atoms with Gasteiger partial charge < -0.3 is 10.6 Å². The van der Waals surface area contributed by atoms with Crippen molar-refractivity contribution in [3.63, 3.8) is 0 Å². The molecule has 0 spiro atoms. The van der Waals surface area contributed by atoms with Crippen LogP contribution in [-0.4, -0.2) is 5.91 Å². The molecule has 0 heterocycles. The first kappa shape index (κ1) is 16.0. The number of nitrogens with one attached hydrogen (secondary N) is 2. The molecule has 0 bridgehead atoms. The zero-order chi connectivity index (χ0) is 15.9. The Labute approximate surface area is 130 Å². The molecule has 0 radical (unpaired) electrons. The first-order chi connectivity index (χ1) is 10.5. The average molecular weight is 300 g/mol. The highest BCUT2D eigenvalue weighted by molar-refractivity contribution is 5.90. The third-order valence-corrected chi connectivity index (χ3v) is 3.17. The van der Waals surface area contributed by atoms with Gasteiger partial charge in [-0.1, -0.05) is 26.0 Å². The highest BCUT2D eigenvalue weighted by atomic mass is 19.1. The van der Waals surface area contributed by atoms with Gasteiger partial charge in [0.1, 0.15) is 5.82 Å². The van der Waals surface area contributed by atoms with Crippen LogP contribution in [0.15, 0.2) is 48.5 Å². The van der Waals surface area contributed by atoms with Gasteiger partial charge in [-0.25, -0.2) is 4.39 Å². The number of amides is 1. The number of carbonyl (C=O) groups excluding carboxylic acids is 1. The second kappa shape index (κ2) is 7.59. The molecule has 3 nitrogen and oxygen atoms in total. The smallest absolute Gasteiger partial charge is 0.224 e. The van der Waals surface area contributed by atoms with Crippen LogP contribution in [0.4, 0.5) is 15.8 Å². The fourth-order valence-corrected chi connectivity index (χ4v) is 2.06. The second-order valence-corrected chi connectivity index (χ2v) is 5.70. The van der Waals surface area contributed by atoms with Crippen molar-refractivity contribution in [3.05, 3.63) is 59.9 Å². The highest BCUT2D eigenvalue weighted by Crippen LogP contribution is 2.15. The Kier molecular flexibility index (Phi) is 5.53. The van der Waals surface area contributed by atoms with Crippen LogP contribution in [0.2, 0.25) is 0 Å². The summed E-state index contributed by atoms with van der Waals surface area (Å²) in [6.45, 7) is 4.66. The zero-order valence-corrected chi connectivity index (χ0v) is 12.9. The molecule has 4 heteroatoms. The quantitative estimate of drug-likeness (QED) is 0.829. The number of benzene rings is 2. The molecular formula is C18H21FN2O. The predicted octanol–water partition coefficient (Wildman–Crippen LogP) is 4.42. The fourth-order valence-electron chi connectivity index (χ4n) is 2.06. The van der Waals surface area contributed by atoms with Crippen LogP contribution in [0.25, 0.3) is 0 Å². The first-order valence-corrected chi connectivity index (χ1v) is 7.41. The fraction of sp³-hybridized carbons (Fsp3) is 0.278. The maximum Gasteiger partial charge on any atom is 0.224 e. The van der Waals surface area contributed by atoms with Crippen LogP contribution in [0.3, 0.4) is 0 Å². The van der Waals surface area contributed by atoms with Crippen LogP contribution < -0.4 is 10.6 Å². The molecule has 0 aliphatic carbocycles. The van der Waals surface area contributed by atoms with Crippen LogP contribution in [0.5, 0.6) is 0 Å². The standard InChI is InChI=1S/C18H21FN2O/c1-13(2)11-18(22)21-17-9-7-16(8-10-17)20-12-14-3-5-15(19)6-4-14/h3-10,13,20H,11-12H2,1-2H3,(H,21,22). The lowest BCUT2D eigenvalue weighted by Gasteiger charge is -2.09. The van der Waals surface area contributed by atoms with Gasteiger partial charge in [-0.15, -0.1) is 0 Å². The van der Waals surface area contributed by atoms with Gasteiger partial charge in [0.2, 0.25) is 5.91 Å². The molecule has 0 aliphatic heterocycles. The number of anilines is 2. The van der Waals surface area contributed by atoms with Crippen LogP contribution in [0.1, 0.15) is 25.8 Å². The van der Waals surface area contributed by atoms with Crippen molar-refractivity contribution < 1.29 is 9.18 Å². The van der Waals surface area contributed by atoms with E-state index in [4.69, 9.17) is 0 Å². The Morgan fingerprint density at radius 2 is 1.59 bits per heavy atom. The molecule has 22 heavy (non-hydrogen) atoms. The summed E-state index contributed by atoms with van der Waals surface area (Å²) >= 11 is 0. The largest absolute Gasteiger partial charge is 0.381 e. The van der Waals surface area contributed by atoms with E-state index < -0.39 is 0 Å². The molecule has 1 amide bonds. The van der Waals surface area contributed by atoms with E-state index in [-0.39, 0.29) is 11.7 Å². The molecule has 0 aromatic heterocycles. The predicted molar refractivity (Wildman–Crippen MR) is 88.3 cm³/mol. The van der Waals surface area contributed by atoms with E-state index in [1.54, 1.807) is 12.1 Å². The lowest BCUT2D eigenvalue weighted by molar-refractivity contribution is -0.116. The van der Waals surface area contributed by atoms with Crippen LogP contribution >= 0.6 is 0 Å². The Morgan fingerprint density at radius 3 is 2.18 bits per heavy atom. The summed E-state index contributed by atoms with van der Waals surface area (Å²) in [5, 5.41) is 6.13. The maximum atomic E-state index is 12.8. The van der Waals surface area contributed by atoms with E-state index in [9.17, 15) is 9.18 Å². The Morgan fingerprint density at radius 1 is 1.00 bits per heavy atom. The minimum Gasteiger partial charge on any atom is -0.381 e. The maximum absolute atomic E-state index is 12.8. The van der Waals surface area contributed by atoms with E-state index >= 15 is 0 Å². The third kappa shape index (κ3) is 5.20. The Bertz CT molecular complexity index is 606. The summed E-state index contributed by atoms with van der Waals surface area (Å²) in [4.78, 5) is 11.7. The molecule has 0 unspecified atom stereocenters. The summed E-state index contributed by atoms with van der Waals surface area (Å²) in [5.41, 5.74) is 2.75. The number of carbonyl (C=O) groups is 1. The molecular weight excluding hydrogens is 279 g/mol. The van der Waals surface area contributed by atoms with E-state index in [1.807, 2.05) is 38.1 Å². The minimum atomic E-state index is -0.231. The monoisotopic (exact) mass is 300 g/mol. The first-order valence-electron chi connectivity index (χ1n) is 7.41.